The zero-order valence-electron chi connectivity index (χ0n) is 8.41. The van der Waals surface area contributed by atoms with E-state index < -0.39 is 11.9 Å². The van der Waals surface area contributed by atoms with Crippen LogP contribution in [0.3, 0.4) is 0 Å². The lowest BCUT2D eigenvalue weighted by Crippen LogP contribution is -2.18. The van der Waals surface area contributed by atoms with Gasteiger partial charge >= 0.3 is 11.9 Å². The van der Waals surface area contributed by atoms with Crippen molar-refractivity contribution < 1.29 is 19.1 Å². The predicted molar refractivity (Wildman–Crippen MR) is 49.5 cm³/mol. The smallest absolute Gasteiger partial charge is 0.334 e. The molecule has 1 aliphatic rings. The third-order valence-corrected chi connectivity index (χ3v) is 2.16. The van der Waals surface area contributed by atoms with E-state index >= 15 is 0 Å². The van der Waals surface area contributed by atoms with Gasteiger partial charge in [-0.3, -0.25) is 4.79 Å². The molecule has 0 aromatic rings. The zero-order valence-corrected chi connectivity index (χ0v) is 8.41. The van der Waals surface area contributed by atoms with E-state index in [0.29, 0.717) is 25.0 Å². The molecule has 1 rings (SSSR count). The van der Waals surface area contributed by atoms with Crippen molar-refractivity contribution in [1.29, 1.82) is 0 Å². The highest BCUT2D eigenvalue weighted by atomic mass is 16.5. The summed E-state index contributed by atoms with van der Waals surface area (Å²) in [4.78, 5) is 22.6. The van der Waals surface area contributed by atoms with Crippen LogP contribution in [0.1, 0.15) is 19.8 Å². The number of carbonyl (C=O) groups excluding carboxylic acids is 2. The van der Waals surface area contributed by atoms with E-state index in [-0.39, 0.29) is 5.97 Å². The number of allylic oxidation sites excluding steroid dienone is 1. The van der Waals surface area contributed by atoms with Crippen LogP contribution in [0.4, 0.5) is 0 Å². The molecule has 4 nitrogen and oxygen atoms in total. The Morgan fingerprint density at radius 3 is 2.86 bits per heavy atom. The summed E-state index contributed by atoms with van der Waals surface area (Å²) >= 11 is 0. The molecule has 0 N–H and O–H groups in total. The first-order chi connectivity index (χ1) is 6.70. The van der Waals surface area contributed by atoms with E-state index in [0.717, 1.165) is 0 Å². The average molecular weight is 198 g/mol. The molecular formula is C10H14O4. The minimum Gasteiger partial charge on any atom is -0.466 e. The van der Waals surface area contributed by atoms with E-state index in [1.807, 2.05) is 6.92 Å². The van der Waals surface area contributed by atoms with E-state index in [1.165, 1.54) is 7.11 Å². The van der Waals surface area contributed by atoms with E-state index in [1.54, 1.807) is 6.08 Å². The van der Waals surface area contributed by atoms with Crippen LogP contribution in [0, 0.1) is 5.92 Å². The minimum atomic E-state index is -0.435. The van der Waals surface area contributed by atoms with Gasteiger partial charge in [-0.1, -0.05) is 13.0 Å². The van der Waals surface area contributed by atoms with Crippen LogP contribution in [0.5, 0.6) is 0 Å². The zero-order chi connectivity index (χ0) is 10.6. The van der Waals surface area contributed by atoms with Crippen LogP contribution in [0.2, 0.25) is 0 Å². The molecule has 1 atom stereocenters. The second-order valence-electron chi connectivity index (χ2n) is 3.07. The Morgan fingerprint density at radius 2 is 2.43 bits per heavy atom. The maximum atomic E-state index is 11.3. The highest BCUT2D eigenvalue weighted by Crippen LogP contribution is 2.24. The Morgan fingerprint density at radius 1 is 1.71 bits per heavy atom. The van der Waals surface area contributed by atoms with Crippen LogP contribution in [0.25, 0.3) is 0 Å². The summed E-state index contributed by atoms with van der Waals surface area (Å²) in [5.41, 5.74) is 0.428. The number of hydrogen-bond donors (Lipinski definition) is 0. The Balaban J connectivity index is 2.82. The molecule has 0 saturated carbocycles. The van der Waals surface area contributed by atoms with Crippen molar-refractivity contribution in [3.05, 3.63) is 11.6 Å². The number of ether oxygens (including phenoxy) is 2. The van der Waals surface area contributed by atoms with Gasteiger partial charge in [0, 0.05) is 5.57 Å². The van der Waals surface area contributed by atoms with Crippen LogP contribution in [-0.2, 0) is 19.1 Å². The number of methoxy groups -OCH3 is 1. The lowest BCUT2D eigenvalue weighted by molar-refractivity contribution is -0.143. The molecule has 0 amide bonds. The van der Waals surface area contributed by atoms with Crippen molar-refractivity contribution in [3.8, 4) is 0 Å². The first-order valence-corrected chi connectivity index (χ1v) is 4.65. The number of cyclic esters (lactones) is 1. The molecule has 0 aromatic carbocycles. The van der Waals surface area contributed by atoms with Crippen molar-refractivity contribution >= 4 is 11.9 Å². The maximum Gasteiger partial charge on any atom is 0.334 e. The van der Waals surface area contributed by atoms with Crippen molar-refractivity contribution in [2.45, 2.75) is 19.8 Å². The largest absolute Gasteiger partial charge is 0.466 e. The summed E-state index contributed by atoms with van der Waals surface area (Å²) in [5.74, 6) is -1.19. The van der Waals surface area contributed by atoms with Gasteiger partial charge in [0.05, 0.1) is 19.6 Å². The average Bonchev–Trinajstić information content (AvgIpc) is 2.60. The SMILES string of the molecule is CC/C=C(\C(=O)OC)C1CCOC1=O. The second kappa shape index (κ2) is 4.79. The molecule has 14 heavy (non-hydrogen) atoms. The van der Waals surface area contributed by atoms with Crippen molar-refractivity contribution in [2.75, 3.05) is 13.7 Å². The van der Waals surface area contributed by atoms with Crippen LogP contribution in [-0.4, -0.2) is 25.7 Å². The maximum absolute atomic E-state index is 11.3. The Bertz CT molecular complexity index is 267. The van der Waals surface area contributed by atoms with Crippen molar-refractivity contribution in [3.63, 3.8) is 0 Å². The van der Waals surface area contributed by atoms with Crippen LogP contribution in [0.15, 0.2) is 11.6 Å². The summed E-state index contributed by atoms with van der Waals surface area (Å²) in [6, 6.07) is 0. The van der Waals surface area contributed by atoms with Crippen LogP contribution < -0.4 is 0 Å². The highest BCUT2D eigenvalue weighted by molar-refractivity contribution is 5.96. The summed E-state index contributed by atoms with van der Waals surface area (Å²) in [6.07, 6.45) is 3.00. The van der Waals surface area contributed by atoms with Crippen molar-refractivity contribution in [2.24, 2.45) is 5.92 Å². The van der Waals surface area contributed by atoms with E-state index in [4.69, 9.17) is 4.74 Å². The summed E-state index contributed by atoms with van der Waals surface area (Å²) < 4.78 is 9.41. The summed E-state index contributed by atoms with van der Waals surface area (Å²) in [7, 11) is 1.31. The molecular weight excluding hydrogens is 184 g/mol. The lowest BCUT2D eigenvalue weighted by atomic mass is 9.97. The van der Waals surface area contributed by atoms with Gasteiger partial charge in [-0.15, -0.1) is 0 Å². The molecule has 0 aliphatic carbocycles. The van der Waals surface area contributed by atoms with Gasteiger partial charge in [-0.25, -0.2) is 4.79 Å². The Kier molecular flexibility index (Phi) is 3.68. The highest BCUT2D eigenvalue weighted by Gasteiger charge is 2.33. The minimum absolute atomic E-state index is 0.324. The third kappa shape index (κ3) is 2.13. The van der Waals surface area contributed by atoms with Gasteiger partial charge in [0.25, 0.3) is 0 Å². The molecule has 78 valence electrons. The molecule has 4 heteroatoms. The van der Waals surface area contributed by atoms with Crippen LogP contribution >= 0.6 is 0 Å². The molecule has 0 radical (unpaired) electrons. The van der Waals surface area contributed by atoms with Gasteiger partial charge in [0.1, 0.15) is 0 Å². The number of hydrogen-bond acceptors (Lipinski definition) is 4. The van der Waals surface area contributed by atoms with Crippen molar-refractivity contribution in [1.82, 2.24) is 0 Å². The molecule has 0 bridgehead atoms. The molecule has 1 unspecified atom stereocenters. The quantitative estimate of drug-likeness (QED) is 0.502. The molecule has 1 saturated heterocycles. The van der Waals surface area contributed by atoms with Gasteiger partial charge in [0.15, 0.2) is 0 Å². The predicted octanol–water partition coefficient (Wildman–Crippen LogP) is 1.06. The number of esters is 2. The van der Waals surface area contributed by atoms with Gasteiger partial charge in [-0.2, -0.15) is 0 Å². The second-order valence-corrected chi connectivity index (χ2v) is 3.07. The van der Waals surface area contributed by atoms with E-state index in [2.05, 4.69) is 4.74 Å². The molecule has 1 fully saturated rings. The topological polar surface area (TPSA) is 52.6 Å². The van der Waals surface area contributed by atoms with E-state index in [9.17, 15) is 9.59 Å². The fourth-order valence-corrected chi connectivity index (χ4v) is 1.48. The third-order valence-electron chi connectivity index (χ3n) is 2.16. The monoisotopic (exact) mass is 198 g/mol. The van der Waals surface area contributed by atoms with Gasteiger partial charge in [0.2, 0.25) is 0 Å². The fraction of sp³-hybridized carbons (Fsp3) is 0.600. The molecule has 1 aliphatic heterocycles. The molecule has 1 heterocycles. The first-order valence-electron chi connectivity index (χ1n) is 4.65. The standard InChI is InChI=1S/C10H14O4/c1-3-4-7(9(11)13-2)8-5-6-14-10(8)12/h4,8H,3,5-6H2,1-2H3/b7-4-. The Hall–Kier alpha value is -1.32. The van der Waals surface area contributed by atoms with Gasteiger partial charge < -0.3 is 9.47 Å². The molecule has 0 aromatic heterocycles. The lowest BCUT2D eigenvalue weighted by Gasteiger charge is -2.08. The Labute approximate surface area is 82.9 Å². The molecule has 0 spiro atoms. The van der Waals surface area contributed by atoms with Gasteiger partial charge in [-0.05, 0) is 12.8 Å². The summed E-state index contributed by atoms with van der Waals surface area (Å²) in [6.45, 7) is 2.30. The normalized spacial score (nSPS) is 22.0. The fourth-order valence-electron chi connectivity index (χ4n) is 1.48. The first kappa shape index (κ1) is 10.8. The summed E-state index contributed by atoms with van der Waals surface area (Å²) in [5, 5.41) is 0. The number of carbonyl (C=O) groups is 2. The number of rotatable bonds is 3.